The van der Waals surface area contributed by atoms with Gasteiger partial charge in [-0.15, -0.1) is 5.10 Å². The standard InChI is InChI=1S/C20H17BrFN5O2/c21-14-5-9-16(10-6-14)27-19(13-3-4-13)18(24-26-27)20(29)25-23-17(28)11-12-1-7-15(22)8-2-12/h1-2,5-10,13H,3-4,11H2,(H,23,28)(H,25,29). The van der Waals surface area contributed by atoms with E-state index in [1.807, 2.05) is 24.3 Å². The molecule has 9 heteroatoms. The Morgan fingerprint density at radius 1 is 1.07 bits per heavy atom. The first-order valence-electron chi connectivity index (χ1n) is 9.06. The number of carbonyl (C=O) groups excluding carboxylic acids is 2. The quantitative estimate of drug-likeness (QED) is 0.576. The van der Waals surface area contributed by atoms with Gasteiger partial charge in [0.1, 0.15) is 5.82 Å². The van der Waals surface area contributed by atoms with Crippen molar-refractivity contribution < 1.29 is 14.0 Å². The Bertz CT molecular complexity index is 1050. The van der Waals surface area contributed by atoms with Gasteiger partial charge in [-0.3, -0.25) is 20.4 Å². The van der Waals surface area contributed by atoms with Crippen LogP contribution in [0.5, 0.6) is 0 Å². The van der Waals surface area contributed by atoms with Gasteiger partial charge in [-0.05, 0) is 54.8 Å². The summed E-state index contributed by atoms with van der Waals surface area (Å²) in [6, 6.07) is 13.2. The van der Waals surface area contributed by atoms with Crippen LogP contribution in [0, 0.1) is 5.82 Å². The molecule has 29 heavy (non-hydrogen) atoms. The molecule has 0 saturated heterocycles. The molecule has 2 amide bonds. The summed E-state index contributed by atoms with van der Waals surface area (Å²) in [7, 11) is 0. The molecule has 2 aromatic carbocycles. The van der Waals surface area contributed by atoms with E-state index in [4.69, 9.17) is 0 Å². The molecule has 1 saturated carbocycles. The van der Waals surface area contributed by atoms with Gasteiger partial charge in [-0.1, -0.05) is 33.3 Å². The van der Waals surface area contributed by atoms with Gasteiger partial charge in [0.2, 0.25) is 5.91 Å². The molecule has 148 valence electrons. The molecule has 0 radical (unpaired) electrons. The summed E-state index contributed by atoms with van der Waals surface area (Å²) in [5.74, 6) is -1.10. The monoisotopic (exact) mass is 457 g/mol. The molecule has 0 spiro atoms. The van der Waals surface area contributed by atoms with E-state index < -0.39 is 11.8 Å². The fourth-order valence-corrected chi connectivity index (χ4v) is 3.23. The van der Waals surface area contributed by atoms with Crippen LogP contribution in [-0.2, 0) is 11.2 Å². The summed E-state index contributed by atoms with van der Waals surface area (Å²) in [4.78, 5) is 24.7. The van der Waals surface area contributed by atoms with Crippen LogP contribution in [0.25, 0.3) is 5.69 Å². The van der Waals surface area contributed by atoms with E-state index >= 15 is 0 Å². The predicted molar refractivity (Wildman–Crippen MR) is 107 cm³/mol. The first-order chi connectivity index (χ1) is 14.0. The number of halogens is 2. The second-order valence-electron chi connectivity index (χ2n) is 6.79. The molecule has 0 bridgehead atoms. The number of benzene rings is 2. The van der Waals surface area contributed by atoms with Crippen molar-refractivity contribution in [3.63, 3.8) is 0 Å². The highest BCUT2D eigenvalue weighted by molar-refractivity contribution is 9.10. The minimum absolute atomic E-state index is 0.0155. The summed E-state index contributed by atoms with van der Waals surface area (Å²) >= 11 is 3.40. The third kappa shape index (κ3) is 4.51. The average molecular weight is 458 g/mol. The highest BCUT2D eigenvalue weighted by atomic mass is 79.9. The number of carbonyl (C=O) groups is 2. The molecule has 1 heterocycles. The van der Waals surface area contributed by atoms with Gasteiger partial charge >= 0.3 is 0 Å². The van der Waals surface area contributed by atoms with E-state index in [0.29, 0.717) is 5.56 Å². The van der Waals surface area contributed by atoms with Crippen molar-refractivity contribution >= 4 is 27.7 Å². The van der Waals surface area contributed by atoms with Crippen LogP contribution in [-0.4, -0.2) is 26.8 Å². The smallest absolute Gasteiger partial charge is 0.273 e. The topological polar surface area (TPSA) is 88.9 Å². The van der Waals surface area contributed by atoms with Crippen LogP contribution in [0.2, 0.25) is 0 Å². The average Bonchev–Trinajstić information content (AvgIpc) is 3.46. The maximum Gasteiger partial charge on any atom is 0.292 e. The Kier molecular flexibility index (Phi) is 5.39. The Balaban J connectivity index is 1.45. The van der Waals surface area contributed by atoms with Crippen LogP contribution >= 0.6 is 15.9 Å². The van der Waals surface area contributed by atoms with Crippen LogP contribution in [0.1, 0.15) is 40.5 Å². The van der Waals surface area contributed by atoms with E-state index in [1.54, 1.807) is 4.68 Å². The lowest BCUT2D eigenvalue weighted by Gasteiger charge is -2.09. The Hall–Kier alpha value is -3.07. The van der Waals surface area contributed by atoms with Crippen molar-refractivity contribution in [1.29, 1.82) is 0 Å². The summed E-state index contributed by atoms with van der Waals surface area (Å²) in [6.07, 6.45) is 1.93. The molecule has 0 aliphatic heterocycles. The second kappa shape index (κ2) is 8.12. The number of hydrogen-bond acceptors (Lipinski definition) is 4. The molecular formula is C20H17BrFN5O2. The van der Waals surface area contributed by atoms with Gasteiger partial charge in [0.15, 0.2) is 5.69 Å². The zero-order valence-corrected chi connectivity index (χ0v) is 16.8. The molecule has 4 rings (SSSR count). The third-order valence-electron chi connectivity index (χ3n) is 4.55. The third-order valence-corrected chi connectivity index (χ3v) is 5.08. The molecule has 7 nitrogen and oxygen atoms in total. The van der Waals surface area contributed by atoms with Gasteiger partial charge in [-0.25, -0.2) is 9.07 Å². The van der Waals surface area contributed by atoms with E-state index in [-0.39, 0.29) is 23.8 Å². The van der Waals surface area contributed by atoms with Crippen molar-refractivity contribution in [3.05, 3.63) is 75.8 Å². The van der Waals surface area contributed by atoms with Crippen LogP contribution in [0.3, 0.4) is 0 Å². The second-order valence-corrected chi connectivity index (χ2v) is 7.71. The molecule has 2 N–H and O–H groups in total. The first kappa shape index (κ1) is 19.3. The zero-order chi connectivity index (χ0) is 20.4. The number of amides is 2. The van der Waals surface area contributed by atoms with Crippen LogP contribution in [0.15, 0.2) is 53.0 Å². The minimum Gasteiger partial charge on any atom is -0.273 e. The summed E-state index contributed by atoms with van der Waals surface area (Å²) in [6.45, 7) is 0. The normalized spacial score (nSPS) is 13.2. The number of hydrazine groups is 1. The first-order valence-corrected chi connectivity index (χ1v) is 9.86. The SMILES string of the molecule is O=C(Cc1ccc(F)cc1)NNC(=O)c1nnn(-c2ccc(Br)cc2)c1C1CC1. The predicted octanol–water partition coefficient (Wildman–Crippen LogP) is 3.05. The summed E-state index contributed by atoms with van der Waals surface area (Å²) in [5, 5.41) is 8.19. The van der Waals surface area contributed by atoms with Gasteiger partial charge in [0, 0.05) is 10.4 Å². The van der Waals surface area contributed by atoms with Gasteiger partial charge in [0.05, 0.1) is 17.8 Å². The van der Waals surface area contributed by atoms with Crippen molar-refractivity contribution in [3.8, 4) is 5.69 Å². The highest BCUT2D eigenvalue weighted by Gasteiger charge is 2.34. The lowest BCUT2D eigenvalue weighted by molar-refractivity contribution is -0.121. The van der Waals surface area contributed by atoms with Crippen molar-refractivity contribution in [2.75, 3.05) is 0 Å². The molecule has 0 atom stereocenters. The van der Waals surface area contributed by atoms with Gasteiger partial charge in [0.25, 0.3) is 5.91 Å². The van der Waals surface area contributed by atoms with Crippen molar-refractivity contribution in [2.45, 2.75) is 25.2 Å². The molecule has 1 aliphatic carbocycles. The Labute approximate surface area is 174 Å². The maximum atomic E-state index is 12.9. The largest absolute Gasteiger partial charge is 0.292 e. The van der Waals surface area contributed by atoms with E-state index in [9.17, 15) is 14.0 Å². The van der Waals surface area contributed by atoms with E-state index in [2.05, 4.69) is 37.1 Å². The summed E-state index contributed by atoms with van der Waals surface area (Å²) in [5.41, 5.74) is 7.13. The molecule has 1 aromatic heterocycles. The lowest BCUT2D eigenvalue weighted by atomic mass is 10.1. The van der Waals surface area contributed by atoms with Gasteiger partial charge < -0.3 is 0 Å². The summed E-state index contributed by atoms with van der Waals surface area (Å²) < 4.78 is 15.6. The maximum absolute atomic E-state index is 12.9. The Morgan fingerprint density at radius 2 is 1.76 bits per heavy atom. The molecule has 0 unspecified atom stereocenters. The number of aromatic nitrogens is 3. The number of nitrogens with one attached hydrogen (secondary N) is 2. The number of hydrogen-bond donors (Lipinski definition) is 2. The van der Waals surface area contributed by atoms with Gasteiger partial charge in [-0.2, -0.15) is 0 Å². The van der Waals surface area contributed by atoms with E-state index in [1.165, 1.54) is 24.3 Å². The minimum atomic E-state index is -0.525. The van der Waals surface area contributed by atoms with E-state index in [0.717, 1.165) is 28.7 Å². The molecule has 3 aromatic rings. The van der Waals surface area contributed by atoms with Crippen molar-refractivity contribution in [2.24, 2.45) is 0 Å². The van der Waals surface area contributed by atoms with Crippen molar-refractivity contribution in [1.82, 2.24) is 25.8 Å². The number of nitrogens with zero attached hydrogens (tertiary/aromatic N) is 3. The van der Waals surface area contributed by atoms with Crippen LogP contribution in [0.4, 0.5) is 4.39 Å². The number of rotatable bonds is 5. The highest BCUT2D eigenvalue weighted by Crippen LogP contribution is 2.42. The zero-order valence-electron chi connectivity index (χ0n) is 15.2. The molecule has 1 fully saturated rings. The van der Waals surface area contributed by atoms with Crippen LogP contribution < -0.4 is 10.9 Å². The molecular weight excluding hydrogens is 441 g/mol. The lowest BCUT2D eigenvalue weighted by Crippen LogP contribution is -2.42. The Morgan fingerprint density at radius 3 is 2.41 bits per heavy atom. The molecule has 1 aliphatic rings. The fraction of sp³-hybridized carbons (Fsp3) is 0.200. The fourth-order valence-electron chi connectivity index (χ4n) is 2.96.